The molecule has 6 nitrogen and oxygen atoms in total. The standard InChI is InChI=1S/4Na.6H2O/h;;;;6*1H2. The molecule has 0 unspecified atom stereocenters. The third-order valence-corrected chi connectivity index (χ3v) is 0. The molecule has 0 spiro atoms. The summed E-state index contributed by atoms with van der Waals surface area (Å²) in [6, 6.07) is 0. The van der Waals surface area contributed by atoms with Crippen LogP contribution in [-0.2, 0) is 0 Å². The minimum atomic E-state index is 0. The Hall–Kier alpha value is 3.76. The van der Waals surface area contributed by atoms with Gasteiger partial charge in [0.15, 0.2) is 0 Å². The Bertz CT molecular complexity index is 9.71. The molecule has 0 aliphatic rings. The van der Waals surface area contributed by atoms with E-state index in [1.807, 2.05) is 0 Å². The zero-order valence-electron chi connectivity index (χ0n) is 7.00. The molecule has 10 heteroatoms. The van der Waals surface area contributed by atoms with E-state index in [0.717, 1.165) is 0 Å². The van der Waals surface area contributed by atoms with Gasteiger partial charge in [0.25, 0.3) is 0 Å². The molecule has 0 rings (SSSR count). The van der Waals surface area contributed by atoms with Crippen molar-refractivity contribution >= 4 is 118 Å². The minimum absolute atomic E-state index is 0. The van der Waals surface area contributed by atoms with E-state index in [4.69, 9.17) is 0 Å². The molecule has 4 radical (unpaired) electrons. The fraction of sp³-hybridized carbons (Fsp3) is 0. The van der Waals surface area contributed by atoms with Gasteiger partial charge in [0.2, 0.25) is 0 Å². The molecule has 0 saturated carbocycles. The Morgan fingerprint density at radius 2 is 0.200 bits per heavy atom. The van der Waals surface area contributed by atoms with Crippen molar-refractivity contribution in [2.45, 2.75) is 0 Å². The Morgan fingerprint density at radius 3 is 0.200 bits per heavy atom. The van der Waals surface area contributed by atoms with Gasteiger partial charge in [-0.15, -0.1) is 0 Å². The largest absolute Gasteiger partial charge is 0.412 e. The van der Waals surface area contributed by atoms with Crippen LogP contribution in [0.4, 0.5) is 0 Å². The van der Waals surface area contributed by atoms with Gasteiger partial charge in [0.05, 0.1) is 0 Å². The average molecular weight is 200 g/mol. The summed E-state index contributed by atoms with van der Waals surface area (Å²) in [5, 5.41) is 0. The van der Waals surface area contributed by atoms with Gasteiger partial charge in [0.1, 0.15) is 0 Å². The monoisotopic (exact) mass is 200 g/mol. The van der Waals surface area contributed by atoms with Crippen molar-refractivity contribution < 1.29 is 32.9 Å². The summed E-state index contributed by atoms with van der Waals surface area (Å²) in [4.78, 5) is 0. The smallest absolute Gasteiger partial charge is 0 e. The quantitative estimate of drug-likeness (QED) is 0.336. The van der Waals surface area contributed by atoms with Crippen molar-refractivity contribution in [1.29, 1.82) is 0 Å². The molecular formula is H12Na4O6. The van der Waals surface area contributed by atoms with Gasteiger partial charge in [-0.3, -0.25) is 0 Å². The molecule has 0 bridgehead atoms. The molecule has 0 aromatic rings. The van der Waals surface area contributed by atoms with Crippen LogP contribution in [0.3, 0.4) is 0 Å². The summed E-state index contributed by atoms with van der Waals surface area (Å²) in [6.45, 7) is 0. The zero-order chi connectivity index (χ0) is 0. The first kappa shape index (κ1) is 158. The van der Waals surface area contributed by atoms with Crippen LogP contribution in [0.2, 0.25) is 0 Å². The minimum Gasteiger partial charge on any atom is -0.412 e. The van der Waals surface area contributed by atoms with E-state index in [1.165, 1.54) is 0 Å². The van der Waals surface area contributed by atoms with Crippen molar-refractivity contribution in [3.05, 3.63) is 0 Å². The summed E-state index contributed by atoms with van der Waals surface area (Å²) in [5.41, 5.74) is 0. The summed E-state index contributed by atoms with van der Waals surface area (Å²) < 4.78 is 0. The van der Waals surface area contributed by atoms with Crippen molar-refractivity contribution in [2.75, 3.05) is 0 Å². The van der Waals surface area contributed by atoms with Crippen LogP contribution in [0.1, 0.15) is 0 Å². The SMILES string of the molecule is O.O.O.O.O.O.[Na].[Na].[Na].[Na]. The molecule has 0 amide bonds. The molecular weight excluding hydrogens is 188 g/mol. The van der Waals surface area contributed by atoms with Crippen LogP contribution in [-0.4, -0.2) is 151 Å². The van der Waals surface area contributed by atoms with Gasteiger partial charge >= 0.3 is 0 Å². The van der Waals surface area contributed by atoms with E-state index in [1.54, 1.807) is 0 Å². The molecule has 10 heavy (non-hydrogen) atoms. The third kappa shape index (κ3) is 96.3. The second-order valence-electron chi connectivity index (χ2n) is 0. The van der Waals surface area contributed by atoms with Crippen LogP contribution >= 0.6 is 0 Å². The van der Waals surface area contributed by atoms with Crippen LogP contribution < -0.4 is 0 Å². The average Bonchev–Trinajstić information content (AvgIpc) is 0. The Labute approximate surface area is 148 Å². The van der Waals surface area contributed by atoms with Crippen molar-refractivity contribution in [3.63, 3.8) is 0 Å². The van der Waals surface area contributed by atoms with E-state index in [0.29, 0.717) is 0 Å². The Morgan fingerprint density at radius 1 is 0.200 bits per heavy atom. The number of hydrogen-bond acceptors (Lipinski definition) is 0. The zero-order valence-corrected chi connectivity index (χ0v) is 15.0. The molecule has 0 aromatic carbocycles. The first-order valence-electron chi connectivity index (χ1n) is 0. The number of rotatable bonds is 0. The van der Waals surface area contributed by atoms with Gasteiger partial charge in [-0.25, -0.2) is 0 Å². The maximum Gasteiger partial charge on any atom is 0 e. The molecule has 0 aliphatic heterocycles. The molecule has 0 fully saturated rings. The van der Waals surface area contributed by atoms with Crippen LogP contribution in [0, 0.1) is 0 Å². The third-order valence-electron chi connectivity index (χ3n) is 0. The molecule has 52 valence electrons. The van der Waals surface area contributed by atoms with Gasteiger partial charge in [-0.1, -0.05) is 0 Å². The van der Waals surface area contributed by atoms with Crippen molar-refractivity contribution in [3.8, 4) is 0 Å². The van der Waals surface area contributed by atoms with Crippen molar-refractivity contribution in [1.82, 2.24) is 0 Å². The molecule has 0 saturated heterocycles. The second kappa shape index (κ2) is 125. The fourth-order valence-electron chi connectivity index (χ4n) is 0. The van der Waals surface area contributed by atoms with E-state index in [9.17, 15) is 0 Å². The van der Waals surface area contributed by atoms with Gasteiger partial charge in [0, 0.05) is 118 Å². The molecule has 0 aromatic heterocycles. The van der Waals surface area contributed by atoms with E-state index >= 15 is 0 Å². The molecule has 12 N–H and O–H groups in total. The Balaban J connectivity index is 0. The van der Waals surface area contributed by atoms with E-state index in [-0.39, 0.29) is 151 Å². The molecule has 0 atom stereocenters. The first-order valence-corrected chi connectivity index (χ1v) is 0. The van der Waals surface area contributed by atoms with E-state index < -0.39 is 0 Å². The van der Waals surface area contributed by atoms with Gasteiger partial charge < -0.3 is 32.9 Å². The summed E-state index contributed by atoms with van der Waals surface area (Å²) in [7, 11) is 0. The number of hydrogen-bond donors (Lipinski definition) is 0. The van der Waals surface area contributed by atoms with Crippen LogP contribution in [0.25, 0.3) is 0 Å². The van der Waals surface area contributed by atoms with Gasteiger partial charge in [-0.05, 0) is 0 Å². The maximum atomic E-state index is 0. The van der Waals surface area contributed by atoms with Crippen molar-refractivity contribution in [2.24, 2.45) is 0 Å². The molecule has 0 aliphatic carbocycles. The van der Waals surface area contributed by atoms with Crippen LogP contribution in [0.5, 0.6) is 0 Å². The summed E-state index contributed by atoms with van der Waals surface area (Å²) in [5.74, 6) is 0. The topological polar surface area (TPSA) is 189 Å². The van der Waals surface area contributed by atoms with E-state index in [2.05, 4.69) is 0 Å². The summed E-state index contributed by atoms with van der Waals surface area (Å²) >= 11 is 0. The Kier molecular flexibility index (Phi) is 1980. The van der Waals surface area contributed by atoms with Gasteiger partial charge in [-0.2, -0.15) is 0 Å². The first-order chi connectivity index (χ1) is 0. The molecule has 0 heterocycles. The van der Waals surface area contributed by atoms with Crippen LogP contribution in [0.15, 0.2) is 0 Å². The fourth-order valence-corrected chi connectivity index (χ4v) is 0. The predicted octanol–water partition coefficient (Wildman–Crippen LogP) is -6.47. The summed E-state index contributed by atoms with van der Waals surface area (Å²) in [6.07, 6.45) is 0. The maximum absolute atomic E-state index is 0. The second-order valence-corrected chi connectivity index (χ2v) is 0. The predicted molar refractivity (Wildman–Crippen MR) is 44.7 cm³/mol. The normalized spacial score (nSPS) is 0.